The van der Waals surface area contributed by atoms with Crippen molar-refractivity contribution in [1.29, 1.82) is 0 Å². The lowest BCUT2D eigenvalue weighted by atomic mass is 9.47. The van der Waals surface area contributed by atoms with Gasteiger partial charge in [0.25, 0.3) is 0 Å². The van der Waals surface area contributed by atoms with E-state index in [0.29, 0.717) is 16.6 Å². The van der Waals surface area contributed by atoms with Gasteiger partial charge in [0.2, 0.25) is 0 Å². The standard InChI is InChI=1S/C22H34O/c1-4-21(3)12-11-20-19-8-6-15-14-16(23)7-9-17(15)18(19)10-13-22(20,21)5-2/h14,17-20H,4-13H2,1-3H3/t17-,18+,19+,20-,21+,22-/m0/s1. The number of rotatable bonds is 2. The lowest BCUT2D eigenvalue weighted by molar-refractivity contribution is -0.116. The SMILES string of the molecule is CC[C@]1(C)CC[C@H]2[C@@H]3CCC4=CC(=O)CC[C@@H]4[C@H]3CC[C@@]21CC. The number of ketones is 1. The summed E-state index contributed by atoms with van der Waals surface area (Å²) in [5.41, 5.74) is 2.73. The molecule has 0 bridgehead atoms. The Balaban J connectivity index is 1.65. The highest BCUT2D eigenvalue weighted by Gasteiger charge is 2.61. The molecule has 0 aromatic rings. The average Bonchev–Trinajstić information content (AvgIpc) is 2.88. The molecule has 1 nitrogen and oxygen atoms in total. The second-order valence-corrected chi connectivity index (χ2v) is 9.30. The summed E-state index contributed by atoms with van der Waals surface area (Å²) in [5, 5.41) is 0. The van der Waals surface area contributed by atoms with Gasteiger partial charge in [0.15, 0.2) is 5.78 Å². The second kappa shape index (κ2) is 5.46. The van der Waals surface area contributed by atoms with Crippen LogP contribution in [0.1, 0.15) is 85.0 Å². The Bertz CT molecular complexity index is 532. The third-order valence-electron chi connectivity index (χ3n) is 9.13. The summed E-state index contributed by atoms with van der Waals surface area (Å²) >= 11 is 0. The van der Waals surface area contributed by atoms with Gasteiger partial charge < -0.3 is 0 Å². The van der Waals surface area contributed by atoms with E-state index >= 15 is 0 Å². The van der Waals surface area contributed by atoms with Gasteiger partial charge in [0.1, 0.15) is 0 Å². The zero-order valence-corrected chi connectivity index (χ0v) is 15.4. The van der Waals surface area contributed by atoms with Gasteiger partial charge in [0.05, 0.1) is 0 Å². The van der Waals surface area contributed by atoms with Crippen LogP contribution in [0, 0.1) is 34.5 Å². The smallest absolute Gasteiger partial charge is 0.155 e. The minimum Gasteiger partial charge on any atom is -0.295 e. The Labute approximate surface area is 142 Å². The van der Waals surface area contributed by atoms with E-state index in [0.717, 1.165) is 36.5 Å². The summed E-state index contributed by atoms with van der Waals surface area (Å²) in [6.07, 6.45) is 15.2. The van der Waals surface area contributed by atoms with Gasteiger partial charge in [-0.25, -0.2) is 0 Å². The zero-order valence-electron chi connectivity index (χ0n) is 15.4. The predicted octanol–water partition coefficient (Wildman–Crippen LogP) is 5.93. The molecule has 3 saturated carbocycles. The van der Waals surface area contributed by atoms with E-state index in [9.17, 15) is 4.79 Å². The van der Waals surface area contributed by atoms with Crippen LogP contribution in [0.5, 0.6) is 0 Å². The van der Waals surface area contributed by atoms with E-state index in [-0.39, 0.29) is 0 Å². The lowest BCUT2D eigenvalue weighted by Gasteiger charge is -2.57. The Morgan fingerprint density at radius 1 is 1.00 bits per heavy atom. The van der Waals surface area contributed by atoms with Gasteiger partial charge in [-0.15, -0.1) is 0 Å². The number of fused-ring (bicyclic) bond motifs is 5. The van der Waals surface area contributed by atoms with E-state index < -0.39 is 0 Å². The van der Waals surface area contributed by atoms with E-state index in [4.69, 9.17) is 0 Å². The van der Waals surface area contributed by atoms with Crippen LogP contribution in [0.3, 0.4) is 0 Å². The minimum atomic E-state index is 0.396. The van der Waals surface area contributed by atoms with Crippen LogP contribution < -0.4 is 0 Å². The largest absolute Gasteiger partial charge is 0.295 e. The molecule has 1 heteroatoms. The van der Waals surface area contributed by atoms with Crippen LogP contribution >= 0.6 is 0 Å². The van der Waals surface area contributed by atoms with E-state index in [1.165, 1.54) is 56.9 Å². The number of hydrogen-bond acceptors (Lipinski definition) is 1. The van der Waals surface area contributed by atoms with Gasteiger partial charge >= 0.3 is 0 Å². The van der Waals surface area contributed by atoms with Crippen LogP contribution in [-0.4, -0.2) is 5.78 Å². The first-order valence-corrected chi connectivity index (χ1v) is 10.3. The Morgan fingerprint density at radius 2 is 1.83 bits per heavy atom. The minimum absolute atomic E-state index is 0.396. The summed E-state index contributed by atoms with van der Waals surface area (Å²) in [7, 11) is 0. The summed E-state index contributed by atoms with van der Waals surface area (Å²) in [6.45, 7) is 7.50. The van der Waals surface area contributed by atoms with Crippen molar-refractivity contribution >= 4 is 5.78 Å². The van der Waals surface area contributed by atoms with Gasteiger partial charge in [-0.2, -0.15) is 0 Å². The van der Waals surface area contributed by atoms with Crippen LogP contribution in [0.15, 0.2) is 11.6 Å². The monoisotopic (exact) mass is 314 g/mol. The van der Waals surface area contributed by atoms with Crippen molar-refractivity contribution < 1.29 is 4.79 Å². The van der Waals surface area contributed by atoms with Crippen molar-refractivity contribution in [3.8, 4) is 0 Å². The van der Waals surface area contributed by atoms with E-state index in [2.05, 4.69) is 20.8 Å². The summed E-state index contributed by atoms with van der Waals surface area (Å²) in [4.78, 5) is 11.8. The number of hydrogen-bond donors (Lipinski definition) is 0. The molecule has 0 heterocycles. The molecule has 0 amide bonds. The van der Waals surface area contributed by atoms with Crippen molar-refractivity contribution in [2.75, 3.05) is 0 Å². The van der Waals surface area contributed by atoms with Crippen molar-refractivity contribution in [3.05, 3.63) is 11.6 Å². The highest BCUT2D eigenvalue weighted by molar-refractivity contribution is 5.91. The fourth-order valence-electron chi connectivity index (χ4n) is 7.75. The highest BCUT2D eigenvalue weighted by Crippen LogP contribution is 2.69. The van der Waals surface area contributed by atoms with Crippen molar-refractivity contribution in [1.82, 2.24) is 0 Å². The summed E-state index contributed by atoms with van der Waals surface area (Å²) < 4.78 is 0. The van der Waals surface area contributed by atoms with Gasteiger partial charge in [-0.3, -0.25) is 4.79 Å². The van der Waals surface area contributed by atoms with E-state index in [1.54, 1.807) is 0 Å². The molecule has 4 aliphatic rings. The Hall–Kier alpha value is -0.590. The molecular weight excluding hydrogens is 280 g/mol. The van der Waals surface area contributed by atoms with E-state index in [1.807, 2.05) is 6.08 Å². The molecule has 23 heavy (non-hydrogen) atoms. The molecule has 6 atom stereocenters. The molecule has 0 N–H and O–H groups in total. The molecular formula is C22H34O. The van der Waals surface area contributed by atoms with Gasteiger partial charge in [-0.1, -0.05) is 32.8 Å². The zero-order chi connectivity index (χ0) is 16.2. The first-order valence-electron chi connectivity index (χ1n) is 10.3. The molecule has 0 radical (unpaired) electrons. The quantitative estimate of drug-likeness (QED) is 0.617. The van der Waals surface area contributed by atoms with Crippen molar-refractivity contribution in [2.45, 2.75) is 85.0 Å². The molecule has 4 aliphatic carbocycles. The molecule has 3 fully saturated rings. The fraction of sp³-hybridized carbons (Fsp3) is 0.864. The van der Waals surface area contributed by atoms with Crippen LogP contribution in [-0.2, 0) is 4.79 Å². The first-order chi connectivity index (χ1) is 11.0. The molecule has 0 saturated heterocycles. The predicted molar refractivity (Wildman–Crippen MR) is 95.1 cm³/mol. The maximum Gasteiger partial charge on any atom is 0.155 e. The number of allylic oxidation sites excluding steroid dienone is 1. The van der Waals surface area contributed by atoms with Crippen LogP contribution in [0.4, 0.5) is 0 Å². The lowest BCUT2D eigenvalue weighted by Crippen LogP contribution is -2.50. The molecule has 0 aliphatic heterocycles. The maximum absolute atomic E-state index is 11.8. The molecule has 128 valence electrons. The second-order valence-electron chi connectivity index (χ2n) is 9.30. The summed E-state index contributed by atoms with van der Waals surface area (Å²) in [6, 6.07) is 0. The molecule has 4 rings (SSSR count). The molecule has 0 spiro atoms. The van der Waals surface area contributed by atoms with Crippen molar-refractivity contribution in [3.63, 3.8) is 0 Å². The highest BCUT2D eigenvalue weighted by atomic mass is 16.1. The van der Waals surface area contributed by atoms with Crippen LogP contribution in [0.25, 0.3) is 0 Å². The first kappa shape index (κ1) is 15.9. The Kier molecular flexibility index (Phi) is 3.78. The molecule has 0 unspecified atom stereocenters. The molecule has 0 aromatic carbocycles. The summed E-state index contributed by atoms with van der Waals surface area (Å²) in [5.74, 6) is 3.97. The third kappa shape index (κ3) is 2.07. The average molecular weight is 315 g/mol. The maximum atomic E-state index is 11.8. The third-order valence-corrected chi connectivity index (χ3v) is 9.13. The normalized spacial score (nSPS) is 49.2. The topological polar surface area (TPSA) is 17.1 Å². The number of carbonyl (C=O) groups excluding carboxylic acids is 1. The molecule has 0 aromatic heterocycles. The fourth-order valence-corrected chi connectivity index (χ4v) is 7.75. The van der Waals surface area contributed by atoms with Crippen molar-refractivity contribution in [2.24, 2.45) is 34.5 Å². The van der Waals surface area contributed by atoms with Gasteiger partial charge in [0, 0.05) is 6.42 Å². The number of carbonyl (C=O) groups is 1. The van der Waals surface area contributed by atoms with Crippen LogP contribution in [0.2, 0.25) is 0 Å². The Morgan fingerprint density at radius 3 is 2.57 bits per heavy atom. The van der Waals surface area contributed by atoms with Gasteiger partial charge in [-0.05, 0) is 91.9 Å².